The van der Waals surface area contributed by atoms with Gasteiger partial charge in [-0.3, -0.25) is 4.18 Å². The summed E-state index contributed by atoms with van der Waals surface area (Å²) in [5.41, 5.74) is 0.955. The van der Waals surface area contributed by atoms with Gasteiger partial charge in [-0.2, -0.15) is 12.7 Å². The van der Waals surface area contributed by atoms with Crippen molar-refractivity contribution >= 4 is 10.3 Å². The van der Waals surface area contributed by atoms with Crippen LogP contribution in [0.3, 0.4) is 0 Å². The maximum atomic E-state index is 11.2. The lowest BCUT2D eigenvalue weighted by Gasteiger charge is -2.14. The Hall–Kier alpha value is -0.910. The Labute approximate surface area is 83.4 Å². The molecule has 0 aromatic heterocycles. The zero-order valence-corrected chi connectivity index (χ0v) is 8.57. The SMILES string of the molecule is CN1[C@@H](c2ccccc2)COS1(=O)=O. The van der Waals surface area contributed by atoms with Crippen LogP contribution in [0.15, 0.2) is 30.3 Å². The lowest BCUT2D eigenvalue weighted by atomic mass is 10.1. The summed E-state index contributed by atoms with van der Waals surface area (Å²) in [5.74, 6) is 0. The Balaban J connectivity index is 2.32. The molecular weight excluding hydrogens is 202 g/mol. The van der Waals surface area contributed by atoms with E-state index in [0.717, 1.165) is 5.56 Å². The van der Waals surface area contributed by atoms with Crippen LogP contribution in [0.1, 0.15) is 11.6 Å². The minimum atomic E-state index is -3.49. The Bertz CT molecular complexity index is 415. The first kappa shape index (κ1) is 9.64. The minimum Gasteiger partial charge on any atom is -0.256 e. The maximum Gasteiger partial charge on any atom is 0.338 e. The molecule has 0 bridgehead atoms. The highest BCUT2D eigenvalue weighted by atomic mass is 32.2. The quantitative estimate of drug-likeness (QED) is 0.697. The van der Waals surface area contributed by atoms with Gasteiger partial charge in [-0.15, -0.1) is 0 Å². The van der Waals surface area contributed by atoms with Crippen LogP contribution in [0.5, 0.6) is 0 Å². The zero-order chi connectivity index (χ0) is 10.2. The summed E-state index contributed by atoms with van der Waals surface area (Å²) >= 11 is 0. The molecule has 4 nitrogen and oxygen atoms in total. The molecule has 0 unspecified atom stereocenters. The van der Waals surface area contributed by atoms with Crippen molar-refractivity contribution < 1.29 is 12.6 Å². The molecule has 1 aromatic rings. The molecule has 1 atom stereocenters. The molecule has 0 saturated carbocycles. The molecule has 2 rings (SSSR count). The summed E-state index contributed by atoms with van der Waals surface area (Å²) in [5, 5.41) is 0. The Morgan fingerprint density at radius 1 is 1.36 bits per heavy atom. The summed E-state index contributed by atoms with van der Waals surface area (Å²) < 4.78 is 28.5. The summed E-state index contributed by atoms with van der Waals surface area (Å²) in [7, 11) is -1.96. The van der Waals surface area contributed by atoms with Crippen LogP contribution in [0.25, 0.3) is 0 Å². The number of hydrogen-bond acceptors (Lipinski definition) is 3. The van der Waals surface area contributed by atoms with E-state index in [1.807, 2.05) is 30.3 Å². The minimum absolute atomic E-state index is 0.193. The van der Waals surface area contributed by atoms with Gasteiger partial charge in [0.2, 0.25) is 0 Å². The lowest BCUT2D eigenvalue weighted by molar-refractivity contribution is 0.327. The number of benzene rings is 1. The highest BCUT2D eigenvalue weighted by Crippen LogP contribution is 2.29. The van der Waals surface area contributed by atoms with Gasteiger partial charge < -0.3 is 0 Å². The number of nitrogens with zero attached hydrogens (tertiary/aromatic N) is 1. The molecule has 14 heavy (non-hydrogen) atoms. The van der Waals surface area contributed by atoms with E-state index in [9.17, 15) is 8.42 Å². The third-order valence-corrected chi connectivity index (χ3v) is 3.74. The molecule has 1 fully saturated rings. The molecule has 1 aliphatic heterocycles. The topological polar surface area (TPSA) is 46.6 Å². The lowest BCUT2D eigenvalue weighted by Crippen LogP contribution is -2.23. The molecule has 1 saturated heterocycles. The van der Waals surface area contributed by atoms with E-state index in [-0.39, 0.29) is 12.6 Å². The molecule has 1 heterocycles. The molecule has 0 N–H and O–H groups in total. The van der Waals surface area contributed by atoms with Crippen LogP contribution in [0.4, 0.5) is 0 Å². The summed E-state index contributed by atoms with van der Waals surface area (Å²) in [6, 6.07) is 9.26. The fourth-order valence-corrected chi connectivity index (χ4v) is 2.44. The third kappa shape index (κ3) is 1.54. The standard InChI is InChI=1S/C9H11NO3S/c1-10-9(7-13-14(10,11)12)8-5-3-2-4-6-8/h2-6,9H,7H2,1H3/t9-/m1/s1. The van der Waals surface area contributed by atoms with Gasteiger partial charge in [-0.25, -0.2) is 0 Å². The zero-order valence-electron chi connectivity index (χ0n) is 7.75. The molecule has 0 radical (unpaired) electrons. The second-order valence-corrected chi connectivity index (χ2v) is 4.85. The number of rotatable bonds is 1. The van der Waals surface area contributed by atoms with Crippen molar-refractivity contribution in [1.29, 1.82) is 0 Å². The average Bonchev–Trinajstić information content (AvgIpc) is 2.44. The van der Waals surface area contributed by atoms with Crippen LogP contribution in [0.2, 0.25) is 0 Å². The summed E-state index contributed by atoms with van der Waals surface area (Å²) in [6.07, 6.45) is 0. The molecule has 5 heteroatoms. The van der Waals surface area contributed by atoms with Gasteiger partial charge in [0.25, 0.3) is 0 Å². The van der Waals surface area contributed by atoms with Gasteiger partial charge in [-0.1, -0.05) is 30.3 Å². The third-order valence-electron chi connectivity index (χ3n) is 2.35. The maximum absolute atomic E-state index is 11.2. The smallest absolute Gasteiger partial charge is 0.256 e. The van der Waals surface area contributed by atoms with E-state index in [0.29, 0.717) is 0 Å². The van der Waals surface area contributed by atoms with Gasteiger partial charge in [0.05, 0.1) is 12.6 Å². The molecule has 76 valence electrons. The van der Waals surface area contributed by atoms with Crippen molar-refractivity contribution in [3.8, 4) is 0 Å². The van der Waals surface area contributed by atoms with E-state index < -0.39 is 10.3 Å². The van der Waals surface area contributed by atoms with Crippen molar-refractivity contribution in [3.63, 3.8) is 0 Å². The normalized spacial score (nSPS) is 26.5. The van der Waals surface area contributed by atoms with Gasteiger partial charge >= 0.3 is 10.3 Å². The Morgan fingerprint density at radius 2 is 2.00 bits per heavy atom. The predicted octanol–water partition coefficient (Wildman–Crippen LogP) is 0.934. The number of likely N-dealkylation sites (N-methyl/N-ethyl adjacent to an activating group) is 1. The molecule has 0 spiro atoms. The number of hydrogen-bond donors (Lipinski definition) is 0. The molecule has 1 aromatic carbocycles. The Morgan fingerprint density at radius 3 is 2.50 bits per heavy atom. The first-order chi connectivity index (χ1) is 6.61. The van der Waals surface area contributed by atoms with Gasteiger partial charge in [0.15, 0.2) is 0 Å². The fraction of sp³-hybridized carbons (Fsp3) is 0.333. The second kappa shape index (κ2) is 3.34. The van der Waals surface area contributed by atoms with Crippen molar-refractivity contribution in [1.82, 2.24) is 4.31 Å². The Kier molecular flexibility index (Phi) is 2.30. The van der Waals surface area contributed by atoms with Crippen LogP contribution < -0.4 is 0 Å². The molecular formula is C9H11NO3S. The van der Waals surface area contributed by atoms with Crippen molar-refractivity contribution in [2.45, 2.75) is 6.04 Å². The van der Waals surface area contributed by atoms with Crippen LogP contribution in [0, 0.1) is 0 Å². The fourth-order valence-electron chi connectivity index (χ4n) is 1.48. The average molecular weight is 213 g/mol. The van der Waals surface area contributed by atoms with Crippen LogP contribution in [-0.4, -0.2) is 26.4 Å². The van der Waals surface area contributed by atoms with E-state index in [4.69, 9.17) is 4.18 Å². The van der Waals surface area contributed by atoms with E-state index in [2.05, 4.69) is 0 Å². The second-order valence-electron chi connectivity index (χ2n) is 3.18. The molecule has 0 aliphatic carbocycles. The van der Waals surface area contributed by atoms with Crippen molar-refractivity contribution in [2.75, 3.05) is 13.7 Å². The van der Waals surface area contributed by atoms with Gasteiger partial charge in [0, 0.05) is 7.05 Å². The predicted molar refractivity (Wildman–Crippen MR) is 51.8 cm³/mol. The van der Waals surface area contributed by atoms with Crippen molar-refractivity contribution in [2.24, 2.45) is 0 Å². The van der Waals surface area contributed by atoms with Gasteiger partial charge in [0.1, 0.15) is 0 Å². The molecule has 0 amide bonds. The highest BCUT2D eigenvalue weighted by Gasteiger charge is 2.36. The first-order valence-electron chi connectivity index (χ1n) is 4.28. The monoisotopic (exact) mass is 213 g/mol. The van der Waals surface area contributed by atoms with E-state index >= 15 is 0 Å². The van der Waals surface area contributed by atoms with E-state index in [1.165, 1.54) is 11.4 Å². The largest absolute Gasteiger partial charge is 0.338 e. The van der Waals surface area contributed by atoms with Gasteiger partial charge in [-0.05, 0) is 5.56 Å². The highest BCUT2D eigenvalue weighted by molar-refractivity contribution is 7.84. The first-order valence-corrected chi connectivity index (χ1v) is 5.65. The van der Waals surface area contributed by atoms with E-state index in [1.54, 1.807) is 0 Å². The summed E-state index contributed by atoms with van der Waals surface area (Å²) in [6.45, 7) is 0.197. The van der Waals surface area contributed by atoms with Crippen LogP contribution in [-0.2, 0) is 14.5 Å². The van der Waals surface area contributed by atoms with Crippen molar-refractivity contribution in [3.05, 3.63) is 35.9 Å². The molecule has 1 aliphatic rings. The summed E-state index contributed by atoms with van der Waals surface area (Å²) in [4.78, 5) is 0. The van der Waals surface area contributed by atoms with Crippen LogP contribution >= 0.6 is 0 Å².